The first-order valence-corrected chi connectivity index (χ1v) is 6.79. The largest absolute Gasteiger partial charge is 0.480 e. The van der Waals surface area contributed by atoms with Crippen molar-refractivity contribution >= 4 is 11.9 Å². The fourth-order valence-electron chi connectivity index (χ4n) is 2.11. The molecule has 21 heavy (non-hydrogen) atoms. The molecule has 3 N–H and O–H groups in total. The van der Waals surface area contributed by atoms with Gasteiger partial charge in [0, 0.05) is 17.0 Å². The Morgan fingerprint density at radius 3 is 2.43 bits per heavy atom. The molecule has 0 aliphatic rings. The average molecular weight is 295 g/mol. The minimum atomic E-state index is -1.05. The third-order valence-corrected chi connectivity index (χ3v) is 3.13. The van der Waals surface area contributed by atoms with Crippen molar-refractivity contribution in [3.63, 3.8) is 0 Å². The van der Waals surface area contributed by atoms with Crippen LogP contribution < -0.4 is 11.0 Å². The van der Waals surface area contributed by atoms with E-state index in [0.717, 1.165) is 0 Å². The van der Waals surface area contributed by atoms with Crippen LogP contribution in [0.4, 0.5) is 0 Å². The Balaban J connectivity index is 2.82. The maximum atomic E-state index is 12.0. The second-order valence-corrected chi connectivity index (χ2v) is 5.50. The quantitative estimate of drug-likeness (QED) is 0.709. The Morgan fingerprint density at radius 2 is 1.95 bits per heavy atom. The van der Waals surface area contributed by atoms with E-state index in [4.69, 9.17) is 5.11 Å². The monoisotopic (exact) mass is 295 g/mol. The number of aromatic amines is 1. The molecule has 1 aromatic heterocycles. The number of aliphatic carboxylic acids is 1. The molecule has 1 amide bonds. The lowest BCUT2D eigenvalue weighted by molar-refractivity contribution is -0.142. The van der Waals surface area contributed by atoms with Crippen molar-refractivity contribution in [2.75, 3.05) is 0 Å². The molecule has 0 saturated heterocycles. The van der Waals surface area contributed by atoms with Gasteiger partial charge in [0.2, 0.25) is 5.91 Å². The van der Waals surface area contributed by atoms with Gasteiger partial charge in [-0.2, -0.15) is 4.98 Å². The van der Waals surface area contributed by atoms with E-state index in [9.17, 15) is 14.4 Å². The summed E-state index contributed by atoms with van der Waals surface area (Å²) in [5.41, 5.74) is 1.19. The number of nitrogens with one attached hydrogen (secondary N) is 2. The van der Waals surface area contributed by atoms with E-state index < -0.39 is 23.6 Å². The van der Waals surface area contributed by atoms with E-state index in [2.05, 4.69) is 15.3 Å². The van der Waals surface area contributed by atoms with Crippen LogP contribution in [0.1, 0.15) is 37.2 Å². The molecule has 116 valence electrons. The molecule has 1 aromatic rings. The standard InChI is InChI=1S/C14H21N3O4/c1-7(2)5-11(13(19)20)17-12(18)6-10-8(3)15-14(21)16-9(10)4/h7,11H,5-6H2,1-4H3,(H,17,18)(H,19,20)(H,15,16,21). The van der Waals surface area contributed by atoms with Crippen LogP contribution in [0.2, 0.25) is 0 Å². The second kappa shape index (κ2) is 7.01. The van der Waals surface area contributed by atoms with Gasteiger partial charge in [-0.1, -0.05) is 13.8 Å². The predicted molar refractivity (Wildman–Crippen MR) is 77.1 cm³/mol. The van der Waals surface area contributed by atoms with Crippen molar-refractivity contribution < 1.29 is 14.7 Å². The molecular formula is C14H21N3O4. The van der Waals surface area contributed by atoms with Crippen molar-refractivity contribution in [3.8, 4) is 0 Å². The molecule has 0 saturated carbocycles. The third-order valence-electron chi connectivity index (χ3n) is 3.13. The highest BCUT2D eigenvalue weighted by molar-refractivity contribution is 5.85. The van der Waals surface area contributed by atoms with Crippen molar-refractivity contribution in [2.24, 2.45) is 5.92 Å². The maximum Gasteiger partial charge on any atom is 0.345 e. The smallest absolute Gasteiger partial charge is 0.345 e. The van der Waals surface area contributed by atoms with Crippen LogP contribution in [0, 0.1) is 19.8 Å². The van der Waals surface area contributed by atoms with Gasteiger partial charge in [-0.15, -0.1) is 0 Å². The molecule has 1 rings (SSSR count). The maximum absolute atomic E-state index is 12.0. The summed E-state index contributed by atoms with van der Waals surface area (Å²) in [6.07, 6.45) is 0.353. The molecule has 1 heterocycles. The summed E-state index contributed by atoms with van der Waals surface area (Å²) in [7, 11) is 0. The number of aromatic nitrogens is 2. The molecule has 0 aliphatic carbocycles. The van der Waals surface area contributed by atoms with Gasteiger partial charge >= 0.3 is 11.7 Å². The van der Waals surface area contributed by atoms with Gasteiger partial charge < -0.3 is 15.4 Å². The van der Waals surface area contributed by atoms with Gasteiger partial charge in [0.1, 0.15) is 6.04 Å². The minimum Gasteiger partial charge on any atom is -0.480 e. The third kappa shape index (κ3) is 5.02. The molecular weight excluding hydrogens is 274 g/mol. The predicted octanol–water partition coefficient (Wildman–Crippen LogP) is 0.545. The van der Waals surface area contributed by atoms with Crippen molar-refractivity contribution in [2.45, 2.75) is 46.6 Å². The van der Waals surface area contributed by atoms with Crippen LogP contribution in [0.25, 0.3) is 0 Å². The summed E-state index contributed by atoms with van der Waals surface area (Å²) < 4.78 is 0. The molecule has 1 atom stereocenters. The number of nitrogens with zero attached hydrogens (tertiary/aromatic N) is 1. The number of carbonyl (C=O) groups is 2. The summed E-state index contributed by atoms with van der Waals surface area (Å²) in [4.78, 5) is 40.6. The Bertz CT molecular complexity index is 566. The van der Waals surface area contributed by atoms with E-state index in [-0.39, 0.29) is 12.3 Å². The van der Waals surface area contributed by atoms with Gasteiger partial charge in [0.05, 0.1) is 6.42 Å². The van der Waals surface area contributed by atoms with E-state index in [0.29, 0.717) is 23.4 Å². The van der Waals surface area contributed by atoms with Gasteiger partial charge in [0.15, 0.2) is 0 Å². The Hall–Kier alpha value is -2.18. The van der Waals surface area contributed by atoms with E-state index in [1.807, 2.05) is 13.8 Å². The lowest BCUT2D eigenvalue weighted by Gasteiger charge is -2.17. The highest BCUT2D eigenvalue weighted by atomic mass is 16.4. The van der Waals surface area contributed by atoms with Gasteiger partial charge in [0.25, 0.3) is 0 Å². The fourth-order valence-corrected chi connectivity index (χ4v) is 2.11. The first-order valence-electron chi connectivity index (χ1n) is 6.79. The van der Waals surface area contributed by atoms with E-state index >= 15 is 0 Å². The number of hydrogen-bond acceptors (Lipinski definition) is 4. The number of aryl methyl sites for hydroxylation is 2. The molecule has 7 nitrogen and oxygen atoms in total. The van der Waals surface area contributed by atoms with Crippen LogP contribution in [0.5, 0.6) is 0 Å². The minimum absolute atomic E-state index is 0.0106. The highest BCUT2D eigenvalue weighted by Crippen LogP contribution is 2.09. The van der Waals surface area contributed by atoms with Crippen LogP contribution >= 0.6 is 0 Å². The molecule has 0 bridgehead atoms. The zero-order valence-electron chi connectivity index (χ0n) is 12.7. The lowest BCUT2D eigenvalue weighted by Crippen LogP contribution is -2.42. The molecule has 0 spiro atoms. The second-order valence-electron chi connectivity index (χ2n) is 5.50. The van der Waals surface area contributed by atoms with E-state index in [1.165, 1.54) is 0 Å². The summed E-state index contributed by atoms with van der Waals surface area (Å²) >= 11 is 0. The Kier molecular flexibility index (Phi) is 5.63. The zero-order chi connectivity index (χ0) is 16.2. The first-order chi connectivity index (χ1) is 9.70. The van der Waals surface area contributed by atoms with Crippen molar-refractivity contribution in [3.05, 3.63) is 27.4 Å². The first kappa shape index (κ1) is 16.9. The Morgan fingerprint density at radius 1 is 1.33 bits per heavy atom. The summed E-state index contributed by atoms with van der Waals surface area (Å²) in [5.74, 6) is -1.29. The molecule has 1 unspecified atom stereocenters. The summed E-state index contributed by atoms with van der Waals surface area (Å²) in [6.45, 7) is 7.11. The van der Waals surface area contributed by atoms with Crippen LogP contribution in [-0.4, -0.2) is 33.0 Å². The number of hydrogen-bond donors (Lipinski definition) is 3. The van der Waals surface area contributed by atoms with Crippen molar-refractivity contribution in [1.82, 2.24) is 15.3 Å². The normalized spacial score (nSPS) is 12.2. The number of amides is 1. The zero-order valence-corrected chi connectivity index (χ0v) is 12.7. The van der Waals surface area contributed by atoms with E-state index in [1.54, 1.807) is 13.8 Å². The number of rotatable bonds is 6. The van der Waals surface area contributed by atoms with Crippen LogP contribution in [-0.2, 0) is 16.0 Å². The Labute approximate surface area is 122 Å². The fraction of sp³-hybridized carbons (Fsp3) is 0.571. The molecule has 0 aliphatic heterocycles. The van der Waals surface area contributed by atoms with Gasteiger partial charge in [-0.3, -0.25) is 4.79 Å². The van der Waals surface area contributed by atoms with Crippen LogP contribution in [0.15, 0.2) is 4.79 Å². The topological polar surface area (TPSA) is 112 Å². The molecule has 0 radical (unpaired) electrons. The lowest BCUT2D eigenvalue weighted by atomic mass is 10.0. The molecule has 0 fully saturated rings. The number of carboxylic acids is 1. The SMILES string of the molecule is Cc1nc(=O)[nH]c(C)c1CC(=O)NC(CC(C)C)C(=O)O. The number of carbonyl (C=O) groups excluding carboxylic acids is 1. The highest BCUT2D eigenvalue weighted by Gasteiger charge is 2.22. The summed E-state index contributed by atoms with van der Waals surface area (Å²) in [5, 5.41) is 11.6. The number of H-pyrrole nitrogens is 1. The number of carboxylic acid groups (broad SMARTS) is 1. The molecule has 0 aromatic carbocycles. The van der Waals surface area contributed by atoms with Crippen LogP contribution in [0.3, 0.4) is 0 Å². The van der Waals surface area contributed by atoms with Gasteiger partial charge in [-0.25, -0.2) is 9.59 Å². The van der Waals surface area contributed by atoms with Crippen molar-refractivity contribution in [1.29, 1.82) is 0 Å². The summed E-state index contributed by atoms with van der Waals surface area (Å²) in [6, 6.07) is -0.908. The average Bonchev–Trinajstić information content (AvgIpc) is 2.32. The molecule has 7 heteroatoms. The van der Waals surface area contributed by atoms with Gasteiger partial charge in [-0.05, 0) is 26.2 Å².